The lowest BCUT2D eigenvalue weighted by Crippen LogP contribution is -2.34. The van der Waals surface area contributed by atoms with Crippen LogP contribution in [0.2, 0.25) is 0 Å². The Kier molecular flexibility index (Phi) is 3.61. The van der Waals surface area contributed by atoms with Crippen LogP contribution in [0.5, 0.6) is 0 Å². The van der Waals surface area contributed by atoms with Gasteiger partial charge in [-0.1, -0.05) is 30.3 Å². The molecule has 1 unspecified atom stereocenters. The summed E-state index contributed by atoms with van der Waals surface area (Å²) in [5.74, 6) is -1.23. The molecule has 18 heavy (non-hydrogen) atoms. The largest absolute Gasteiger partial charge is 0.299 e. The molecule has 1 atom stereocenters. The highest BCUT2D eigenvalue weighted by Crippen LogP contribution is 2.20. The SMILES string of the molecule is O=C(CC1CS(=O)(=O)CCC1=O)c1ccccc1. The van der Waals surface area contributed by atoms with Gasteiger partial charge in [-0.25, -0.2) is 8.42 Å². The quantitative estimate of drug-likeness (QED) is 0.772. The Morgan fingerprint density at radius 2 is 1.89 bits per heavy atom. The van der Waals surface area contributed by atoms with Gasteiger partial charge in [0.25, 0.3) is 0 Å². The molecule has 96 valence electrons. The van der Waals surface area contributed by atoms with E-state index in [1.807, 2.05) is 0 Å². The van der Waals surface area contributed by atoms with Gasteiger partial charge in [-0.15, -0.1) is 0 Å². The van der Waals surface area contributed by atoms with Gasteiger partial charge in [0, 0.05) is 24.3 Å². The van der Waals surface area contributed by atoms with E-state index < -0.39 is 15.8 Å². The molecular formula is C13H14O4S. The molecule has 1 fully saturated rings. The van der Waals surface area contributed by atoms with Gasteiger partial charge in [0.2, 0.25) is 0 Å². The molecule has 1 aromatic carbocycles. The molecule has 1 aliphatic rings. The van der Waals surface area contributed by atoms with Crippen LogP contribution in [-0.4, -0.2) is 31.5 Å². The highest BCUT2D eigenvalue weighted by Gasteiger charge is 2.32. The molecule has 0 spiro atoms. The minimum Gasteiger partial charge on any atom is -0.299 e. The van der Waals surface area contributed by atoms with Crippen molar-refractivity contribution in [2.45, 2.75) is 12.8 Å². The fourth-order valence-electron chi connectivity index (χ4n) is 2.08. The molecule has 1 heterocycles. The first-order valence-electron chi connectivity index (χ1n) is 5.79. The van der Waals surface area contributed by atoms with E-state index in [4.69, 9.17) is 0 Å². The molecule has 0 saturated carbocycles. The minimum absolute atomic E-state index is 0.0118. The zero-order valence-corrected chi connectivity index (χ0v) is 10.7. The Bertz CT molecular complexity index is 560. The zero-order chi connectivity index (χ0) is 13.2. The Morgan fingerprint density at radius 1 is 1.22 bits per heavy atom. The maximum atomic E-state index is 11.9. The number of Topliss-reactive ketones (excluding diaryl/α,β-unsaturated/α-hetero) is 2. The monoisotopic (exact) mass is 266 g/mol. The number of carbonyl (C=O) groups is 2. The summed E-state index contributed by atoms with van der Waals surface area (Å²) in [6.45, 7) is 0. The molecule has 1 saturated heterocycles. The lowest BCUT2D eigenvalue weighted by molar-refractivity contribution is -0.122. The molecule has 2 rings (SSSR count). The van der Waals surface area contributed by atoms with Crippen LogP contribution in [0.25, 0.3) is 0 Å². The van der Waals surface area contributed by atoms with Gasteiger partial charge >= 0.3 is 0 Å². The van der Waals surface area contributed by atoms with E-state index in [2.05, 4.69) is 0 Å². The van der Waals surface area contributed by atoms with E-state index in [1.54, 1.807) is 30.3 Å². The summed E-state index contributed by atoms with van der Waals surface area (Å²) in [5, 5.41) is 0. The second-order valence-electron chi connectivity index (χ2n) is 4.52. The molecule has 1 aliphatic heterocycles. The van der Waals surface area contributed by atoms with Crippen molar-refractivity contribution in [1.82, 2.24) is 0 Å². The molecule has 0 radical (unpaired) electrons. The van der Waals surface area contributed by atoms with Crippen LogP contribution in [0.4, 0.5) is 0 Å². The summed E-state index contributed by atoms with van der Waals surface area (Å²) >= 11 is 0. The lowest BCUT2D eigenvalue weighted by atomic mass is 9.94. The third-order valence-electron chi connectivity index (χ3n) is 3.10. The zero-order valence-electron chi connectivity index (χ0n) is 9.83. The predicted molar refractivity (Wildman–Crippen MR) is 67.2 cm³/mol. The normalized spacial score (nSPS) is 22.7. The van der Waals surface area contributed by atoms with Crippen molar-refractivity contribution in [3.63, 3.8) is 0 Å². The molecule has 4 nitrogen and oxygen atoms in total. The topological polar surface area (TPSA) is 68.3 Å². The van der Waals surface area contributed by atoms with E-state index in [-0.39, 0.29) is 35.9 Å². The molecule has 1 aromatic rings. The van der Waals surface area contributed by atoms with Crippen molar-refractivity contribution in [1.29, 1.82) is 0 Å². The number of rotatable bonds is 3. The van der Waals surface area contributed by atoms with Crippen LogP contribution in [0.3, 0.4) is 0 Å². The molecular weight excluding hydrogens is 252 g/mol. The van der Waals surface area contributed by atoms with E-state index >= 15 is 0 Å². The molecule has 0 amide bonds. The van der Waals surface area contributed by atoms with Crippen molar-refractivity contribution in [3.05, 3.63) is 35.9 Å². The Morgan fingerprint density at radius 3 is 2.56 bits per heavy atom. The van der Waals surface area contributed by atoms with Crippen molar-refractivity contribution >= 4 is 21.4 Å². The second-order valence-corrected chi connectivity index (χ2v) is 6.75. The summed E-state index contributed by atoms with van der Waals surface area (Å²) in [4.78, 5) is 23.6. The number of sulfone groups is 1. The molecule has 0 bridgehead atoms. The highest BCUT2D eigenvalue weighted by atomic mass is 32.2. The van der Waals surface area contributed by atoms with Gasteiger partial charge in [0.05, 0.1) is 11.5 Å². The minimum atomic E-state index is -3.17. The average Bonchev–Trinajstić information content (AvgIpc) is 2.35. The van der Waals surface area contributed by atoms with Crippen LogP contribution < -0.4 is 0 Å². The van der Waals surface area contributed by atoms with Gasteiger partial charge in [0.1, 0.15) is 5.78 Å². The smallest absolute Gasteiger partial charge is 0.163 e. The van der Waals surface area contributed by atoms with Crippen LogP contribution in [0.15, 0.2) is 30.3 Å². The van der Waals surface area contributed by atoms with Gasteiger partial charge in [-0.05, 0) is 0 Å². The number of hydrogen-bond donors (Lipinski definition) is 0. The van der Waals surface area contributed by atoms with E-state index in [0.29, 0.717) is 5.56 Å². The first-order valence-corrected chi connectivity index (χ1v) is 7.61. The van der Waals surface area contributed by atoms with Crippen molar-refractivity contribution in [2.75, 3.05) is 11.5 Å². The summed E-state index contributed by atoms with van der Waals surface area (Å²) in [5.41, 5.74) is 0.522. The first-order chi connectivity index (χ1) is 8.48. The standard InChI is InChI=1S/C13H14O4S/c14-12-6-7-18(16,17)9-11(12)8-13(15)10-4-2-1-3-5-10/h1-5,11H,6-9H2. The third-order valence-corrected chi connectivity index (χ3v) is 4.83. The van der Waals surface area contributed by atoms with Gasteiger partial charge in [0.15, 0.2) is 15.6 Å². The second kappa shape index (κ2) is 5.02. The summed E-state index contributed by atoms with van der Waals surface area (Å²) in [6.07, 6.45) is 0.0249. The maximum absolute atomic E-state index is 11.9. The maximum Gasteiger partial charge on any atom is 0.163 e. The predicted octanol–water partition coefficient (Wildman–Crippen LogP) is 1.26. The molecule has 0 aromatic heterocycles. The first kappa shape index (κ1) is 13.0. The van der Waals surface area contributed by atoms with Crippen LogP contribution in [-0.2, 0) is 14.6 Å². The molecule has 5 heteroatoms. The fraction of sp³-hybridized carbons (Fsp3) is 0.385. The number of ketones is 2. The molecule has 0 N–H and O–H groups in total. The lowest BCUT2D eigenvalue weighted by Gasteiger charge is -2.20. The highest BCUT2D eigenvalue weighted by molar-refractivity contribution is 7.91. The van der Waals surface area contributed by atoms with E-state index in [1.165, 1.54) is 0 Å². The van der Waals surface area contributed by atoms with Crippen LogP contribution >= 0.6 is 0 Å². The number of hydrogen-bond acceptors (Lipinski definition) is 4. The summed E-state index contributed by atoms with van der Waals surface area (Å²) < 4.78 is 22.9. The van der Waals surface area contributed by atoms with Crippen LogP contribution in [0, 0.1) is 5.92 Å². The third kappa shape index (κ3) is 3.04. The summed E-state index contributed by atoms with van der Waals surface area (Å²) in [7, 11) is -3.17. The fourth-order valence-corrected chi connectivity index (χ4v) is 3.68. The Labute approximate surface area is 106 Å². The van der Waals surface area contributed by atoms with Crippen molar-refractivity contribution < 1.29 is 18.0 Å². The van der Waals surface area contributed by atoms with Gasteiger partial charge < -0.3 is 0 Å². The van der Waals surface area contributed by atoms with Crippen molar-refractivity contribution in [3.8, 4) is 0 Å². The van der Waals surface area contributed by atoms with E-state index in [0.717, 1.165) is 0 Å². The Balaban J connectivity index is 2.09. The van der Waals surface area contributed by atoms with Gasteiger partial charge in [-0.3, -0.25) is 9.59 Å². The number of carbonyl (C=O) groups excluding carboxylic acids is 2. The Hall–Kier alpha value is -1.49. The van der Waals surface area contributed by atoms with Gasteiger partial charge in [-0.2, -0.15) is 0 Å². The molecule has 0 aliphatic carbocycles. The van der Waals surface area contributed by atoms with Crippen molar-refractivity contribution in [2.24, 2.45) is 5.92 Å². The summed E-state index contributed by atoms with van der Waals surface area (Å²) in [6, 6.07) is 8.63. The van der Waals surface area contributed by atoms with E-state index in [9.17, 15) is 18.0 Å². The van der Waals surface area contributed by atoms with Crippen LogP contribution in [0.1, 0.15) is 23.2 Å². The number of benzene rings is 1. The average molecular weight is 266 g/mol.